The molecule has 1 fully saturated rings. The zero-order valence-corrected chi connectivity index (χ0v) is 13.3. The molecular weight excluding hydrogens is 254 g/mol. The molecule has 1 rings (SSSR count). The van der Waals surface area contributed by atoms with Gasteiger partial charge in [-0.3, -0.25) is 9.59 Å². The van der Waals surface area contributed by atoms with E-state index < -0.39 is 5.41 Å². The second-order valence-corrected chi connectivity index (χ2v) is 5.84. The van der Waals surface area contributed by atoms with Gasteiger partial charge in [0.15, 0.2) is 0 Å². The van der Waals surface area contributed by atoms with E-state index in [4.69, 9.17) is 5.73 Å². The second kappa shape index (κ2) is 7.07. The molecule has 0 unspecified atom stereocenters. The highest BCUT2D eigenvalue weighted by atomic mass is 16.2. The number of piperidine rings is 1. The lowest BCUT2D eigenvalue weighted by Gasteiger charge is -2.41. The highest BCUT2D eigenvalue weighted by molar-refractivity contribution is 5.83. The van der Waals surface area contributed by atoms with Crippen molar-refractivity contribution in [3.8, 4) is 0 Å². The maximum absolute atomic E-state index is 12.7. The molecule has 0 aromatic rings. The van der Waals surface area contributed by atoms with Gasteiger partial charge in [-0.2, -0.15) is 0 Å². The number of carbonyl (C=O) groups is 2. The number of nitrogens with zero attached hydrogens (tertiary/aromatic N) is 2. The van der Waals surface area contributed by atoms with Crippen molar-refractivity contribution in [2.24, 2.45) is 11.1 Å². The summed E-state index contributed by atoms with van der Waals surface area (Å²) in [6, 6.07) is 0.257. The molecule has 0 bridgehead atoms. The van der Waals surface area contributed by atoms with Crippen LogP contribution in [0.4, 0.5) is 0 Å². The Hall–Kier alpha value is -1.10. The van der Waals surface area contributed by atoms with Crippen LogP contribution in [-0.2, 0) is 9.59 Å². The second-order valence-electron chi connectivity index (χ2n) is 5.84. The Morgan fingerprint density at radius 1 is 1.25 bits per heavy atom. The first-order valence-electron chi connectivity index (χ1n) is 7.64. The lowest BCUT2D eigenvalue weighted by molar-refractivity contribution is -0.144. The normalized spacial score (nSPS) is 17.1. The lowest BCUT2D eigenvalue weighted by Crippen LogP contribution is -2.52. The van der Waals surface area contributed by atoms with Gasteiger partial charge in [0.1, 0.15) is 0 Å². The van der Waals surface area contributed by atoms with Crippen molar-refractivity contribution in [1.82, 2.24) is 9.80 Å². The van der Waals surface area contributed by atoms with Gasteiger partial charge >= 0.3 is 0 Å². The van der Waals surface area contributed by atoms with Gasteiger partial charge in [0.2, 0.25) is 11.8 Å². The van der Waals surface area contributed by atoms with Crippen molar-refractivity contribution in [1.29, 1.82) is 0 Å². The highest BCUT2D eigenvalue weighted by Gasteiger charge is 2.38. The Balaban J connectivity index is 2.65. The quantitative estimate of drug-likeness (QED) is 0.825. The van der Waals surface area contributed by atoms with Crippen molar-refractivity contribution in [2.75, 3.05) is 26.7 Å². The molecule has 5 heteroatoms. The Morgan fingerprint density at radius 3 is 2.10 bits per heavy atom. The molecule has 1 saturated heterocycles. The predicted octanol–water partition coefficient (Wildman–Crippen LogP) is 1.22. The third-order valence-electron chi connectivity index (χ3n) is 4.99. The molecule has 0 saturated carbocycles. The SMILES string of the molecule is CCC(CC)(CN)C(=O)N1CCC(N(C)C(C)=O)CC1. The van der Waals surface area contributed by atoms with E-state index in [1.54, 1.807) is 11.8 Å². The van der Waals surface area contributed by atoms with Crippen LogP contribution in [0.15, 0.2) is 0 Å². The van der Waals surface area contributed by atoms with E-state index in [1.165, 1.54) is 0 Å². The van der Waals surface area contributed by atoms with E-state index in [9.17, 15) is 9.59 Å². The van der Waals surface area contributed by atoms with Crippen LogP contribution in [-0.4, -0.2) is 54.3 Å². The summed E-state index contributed by atoms with van der Waals surface area (Å²) in [7, 11) is 1.84. The van der Waals surface area contributed by atoms with E-state index in [1.807, 2.05) is 25.8 Å². The third kappa shape index (κ3) is 3.32. The van der Waals surface area contributed by atoms with Gasteiger partial charge in [-0.05, 0) is 25.7 Å². The van der Waals surface area contributed by atoms with E-state index in [2.05, 4.69) is 0 Å². The molecule has 0 aliphatic carbocycles. The van der Waals surface area contributed by atoms with Gasteiger partial charge < -0.3 is 15.5 Å². The predicted molar refractivity (Wildman–Crippen MR) is 80.1 cm³/mol. The molecule has 2 amide bonds. The molecule has 5 nitrogen and oxygen atoms in total. The molecule has 1 aliphatic rings. The minimum absolute atomic E-state index is 0.0909. The van der Waals surface area contributed by atoms with Crippen molar-refractivity contribution >= 4 is 11.8 Å². The van der Waals surface area contributed by atoms with E-state index in [-0.39, 0.29) is 17.9 Å². The zero-order valence-electron chi connectivity index (χ0n) is 13.3. The number of likely N-dealkylation sites (tertiary alicyclic amines) is 1. The molecule has 0 radical (unpaired) electrons. The molecule has 0 aromatic heterocycles. The Labute approximate surface area is 122 Å². The average Bonchev–Trinajstić information content (AvgIpc) is 2.48. The molecule has 116 valence electrons. The summed E-state index contributed by atoms with van der Waals surface area (Å²) in [5, 5.41) is 0. The van der Waals surface area contributed by atoms with Crippen LogP contribution in [0.2, 0.25) is 0 Å². The van der Waals surface area contributed by atoms with Crippen LogP contribution < -0.4 is 5.73 Å². The molecular formula is C15H29N3O2. The number of carbonyl (C=O) groups excluding carboxylic acids is 2. The first-order valence-corrected chi connectivity index (χ1v) is 7.64. The molecule has 0 aromatic carbocycles. The van der Waals surface area contributed by atoms with Gasteiger partial charge in [0.05, 0.1) is 5.41 Å². The van der Waals surface area contributed by atoms with Crippen LogP contribution in [0.3, 0.4) is 0 Å². The van der Waals surface area contributed by atoms with Crippen molar-refractivity contribution in [3.63, 3.8) is 0 Å². The van der Waals surface area contributed by atoms with Gasteiger partial charge in [-0.1, -0.05) is 13.8 Å². The van der Waals surface area contributed by atoms with Gasteiger partial charge in [0, 0.05) is 39.6 Å². The summed E-state index contributed by atoms with van der Waals surface area (Å²) < 4.78 is 0. The smallest absolute Gasteiger partial charge is 0.230 e. The van der Waals surface area contributed by atoms with Crippen LogP contribution in [0, 0.1) is 5.41 Å². The number of rotatable bonds is 5. The van der Waals surface area contributed by atoms with E-state index >= 15 is 0 Å². The van der Waals surface area contributed by atoms with Crippen LogP contribution in [0.5, 0.6) is 0 Å². The van der Waals surface area contributed by atoms with Gasteiger partial charge in [-0.15, -0.1) is 0 Å². The van der Waals surface area contributed by atoms with Crippen molar-refractivity contribution in [2.45, 2.75) is 52.5 Å². The highest BCUT2D eigenvalue weighted by Crippen LogP contribution is 2.29. The summed E-state index contributed by atoms with van der Waals surface area (Å²) in [4.78, 5) is 27.8. The summed E-state index contributed by atoms with van der Waals surface area (Å²) in [6.07, 6.45) is 3.28. The molecule has 1 aliphatic heterocycles. The van der Waals surface area contributed by atoms with Crippen LogP contribution in [0.1, 0.15) is 46.5 Å². The number of amides is 2. The van der Waals surface area contributed by atoms with Crippen molar-refractivity contribution in [3.05, 3.63) is 0 Å². The fourth-order valence-electron chi connectivity index (χ4n) is 2.98. The number of hydrogen-bond acceptors (Lipinski definition) is 3. The largest absolute Gasteiger partial charge is 0.343 e. The average molecular weight is 283 g/mol. The fraction of sp³-hybridized carbons (Fsp3) is 0.867. The fourth-order valence-corrected chi connectivity index (χ4v) is 2.98. The standard InChI is InChI=1S/C15H29N3O2/c1-5-15(6-2,11-16)14(20)18-9-7-13(8-10-18)17(4)12(3)19/h13H,5-11,16H2,1-4H3. The molecule has 2 N–H and O–H groups in total. The maximum atomic E-state index is 12.7. The summed E-state index contributed by atoms with van der Waals surface area (Å²) in [5.41, 5.74) is 5.45. The zero-order chi connectivity index (χ0) is 15.3. The Kier molecular flexibility index (Phi) is 5.99. The minimum atomic E-state index is -0.403. The maximum Gasteiger partial charge on any atom is 0.230 e. The molecule has 0 atom stereocenters. The van der Waals surface area contributed by atoms with Crippen LogP contribution in [0.25, 0.3) is 0 Å². The van der Waals surface area contributed by atoms with Crippen LogP contribution >= 0.6 is 0 Å². The molecule has 1 heterocycles. The first kappa shape index (κ1) is 17.0. The summed E-state index contributed by atoms with van der Waals surface area (Å²) in [5.74, 6) is 0.280. The van der Waals surface area contributed by atoms with Crippen molar-refractivity contribution < 1.29 is 9.59 Å². The van der Waals surface area contributed by atoms with Gasteiger partial charge in [0.25, 0.3) is 0 Å². The van der Waals surface area contributed by atoms with E-state index in [0.29, 0.717) is 6.54 Å². The first-order chi connectivity index (χ1) is 9.41. The van der Waals surface area contributed by atoms with E-state index in [0.717, 1.165) is 38.8 Å². The third-order valence-corrected chi connectivity index (χ3v) is 4.99. The Morgan fingerprint density at radius 2 is 1.75 bits per heavy atom. The summed E-state index contributed by atoms with van der Waals surface area (Å²) >= 11 is 0. The monoisotopic (exact) mass is 283 g/mol. The molecule has 0 spiro atoms. The number of nitrogens with two attached hydrogens (primary N) is 1. The topological polar surface area (TPSA) is 66.6 Å². The lowest BCUT2D eigenvalue weighted by atomic mass is 9.80. The molecule has 20 heavy (non-hydrogen) atoms. The number of hydrogen-bond donors (Lipinski definition) is 1. The summed E-state index contributed by atoms with van der Waals surface area (Å²) in [6.45, 7) is 7.51. The minimum Gasteiger partial charge on any atom is -0.343 e. The Bertz CT molecular complexity index is 337. The van der Waals surface area contributed by atoms with Gasteiger partial charge in [-0.25, -0.2) is 0 Å².